The van der Waals surface area contributed by atoms with E-state index in [2.05, 4.69) is 10.3 Å². The van der Waals surface area contributed by atoms with Gasteiger partial charge >= 0.3 is 0 Å². The van der Waals surface area contributed by atoms with Crippen LogP contribution in [0.4, 0.5) is 5.69 Å². The van der Waals surface area contributed by atoms with Crippen molar-refractivity contribution < 1.29 is 9.21 Å². The highest BCUT2D eigenvalue weighted by Crippen LogP contribution is 2.31. The van der Waals surface area contributed by atoms with E-state index in [1.807, 2.05) is 42.5 Å². The number of nitrogens with one attached hydrogen (secondary N) is 1. The first kappa shape index (κ1) is 18.6. The van der Waals surface area contributed by atoms with Crippen molar-refractivity contribution in [2.45, 2.75) is 38.1 Å². The molecule has 1 atom stereocenters. The van der Waals surface area contributed by atoms with E-state index >= 15 is 0 Å². The molecule has 0 fully saturated rings. The fourth-order valence-corrected chi connectivity index (χ4v) is 3.91. The quantitative estimate of drug-likeness (QED) is 0.613. The van der Waals surface area contributed by atoms with Crippen LogP contribution in [-0.4, -0.2) is 10.9 Å². The number of hydrogen-bond donors (Lipinski definition) is 2. The zero-order chi connectivity index (χ0) is 19.5. The molecule has 1 amide bonds. The number of carbonyl (C=O) groups is 1. The Morgan fingerprint density at radius 3 is 3.00 bits per heavy atom. The zero-order valence-electron chi connectivity index (χ0n) is 15.5. The van der Waals surface area contributed by atoms with Gasteiger partial charge in [-0.05, 0) is 54.7 Å². The Labute approximate surface area is 168 Å². The number of oxazole rings is 1. The van der Waals surface area contributed by atoms with Gasteiger partial charge in [-0.2, -0.15) is 0 Å². The largest absolute Gasteiger partial charge is 0.441 e. The molecule has 0 bridgehead atoms. The molecule has 1 aliphatic carbocycles. The number of benzene rings is 2. The molecular weight excluding hydrogens is 374 g/mol. The Morgan fingerprint density at radius 1 is 1.29 bits per heavy atom. The fraction of sp³-hybridized carbons (Fsp3) is 0.273. The summed E-state index contributed by atoms with van der Waals surface area (Å²) in [6, 6.07) is 13.4. The molecule has 1 aromatic heterocycles. The van der Waals surface area contributed by atoms with E-state index in [0.29, 0.717) is 29.5 Å². The van der Waals surface area contributed by atoms with Gasteiger partial charge in [-0.1, -0.05) is 29.8 Å². The molecule has 28 heavy (non-hydrogen) atoms. The maximum atomic E-state index is 12.5. The van der Waals surface area contributed by atoms with Crippen LogP contribution in [0.1, 0.15) is 42.3 Å². The average molecular weight is 396 g/mol. The number of nitrogen functional groups attached to an aromatic ring is 1. The SMILES string of the molecule is Nc1ccc2c(c1)CCCC2NC(=O)CCc1ncc(-c2ccccc2Cl)o1. The Bertz CT molecular complexity index is 999. The van der Waals surface area contributed by atoms with Gasteiger partial charge in [0, 0.05) is 24.1 Å². The van der Waals surface area contributed by atoms with Crippen LogP contribution in [0.25, 0.3) is 11.3 Å². The van der Waals surface area contributed by atoms with Gasteiger partial charge < -0.3 is 15.5 Å². The van der Waals surface area contributed by atoms with Crippen molar-refractivity contribution in [3.05, 3.63) is 70.7 Å². The summed E-state index contributed by atoms with van der Waals surface area (Å²) in [5.74, 6) is 1.13. The lowest BCUT2D eigenvalue weighted by Crippen LogP contribution is -2.31. The number of amides is 1. The van der Waals surface area contributed by atoms with Crippen LogP contribution in [0, 0.1) is 0 Å². The van der Waals surface area contributed by atoms with E-state index in [4.69, 9.17) is 21.8 Å². The highest BCUT2D eigenvalue weighted by Gasteiger charge is 2.22. The molecule has 1 heterocycles. The van der Waals surface area contributed by atoms with E-state index < -0.39 is 0 Å². The number of aromatic nitrogens is 1. The molecule has 0 saturated carbocycles. The van der Waals surface area contributed by atoms with Crippen LogP contribution in [0.5, 0.6) is 0 Å². The number of anilines is 1. The molecule has 4 rings (SSSR count). The molecule has 1 aliphatic rings. The highest BCUT2D eigenvalue weighted by molar-refractivity contribution is 6.33. The molecule has 1 unspecified atom stereocenters. The maximum absolute atomic E-state index is 12.5. The second kappa shape index (κ2) is 8.07. The van der Waals surface area contributed by atoms with Gasteiger partial charge in [-0.15, -0.1) is 0 Å². The van der Waals surface area contributed by atoms with E-state index in [9.17, 15) is 4.79 Å². The molecule has 5 nitrogen and oxygen atoms in total. The predicted octanol–water partition coefficient (Wildman–Crippen LogP) is 4.70. The smallest absolute Gasteiger partial charge is 0.220 e. The molecule has 3 N–H and O–H groups in total. The normalized spacial score (nSPS) is 15.8. The number of aryl methyl sites for hydroxylation is 2. The monoisotopic (exact) mass is 395 g/mol. The van der Waals surface area contributed by atoms with Crippen LogP contribution in [-0.2, 0) is 17.6 Å². The molecule has 3 aromatic rings. The molecule has 0 radical (unpaired) electrons. The second-order valence-electron chi connectivity index (χ2n) is 7.07. The lowest BCUT2D eigenvalue weighted by molar-refractivity contribution is -0.122. The summed E-state index contributed by atoms with van der Waals surface area (Å²) in [6.07, 6.45) is 5.41. The number of halogens is 1. The number of nitrogens with two attached hydrogens (primary N) is 1. The van der Waals surface area contributed by atoms with E-state index in [-0.39, 0.29) is 11.9 Å². The summed E-state index contributed by atoms with van der Waals surface area (Å²) in [4.78, 5) is 16.7. The standard InChI is InChI=1S/C22H22ClN3O2/c23-18-6-2-1-5-17(18)20-13-25-22(28-20)11-10-21(27)26-19-7-3-4-14-12-15(24)8-9-16(14)19/h1-2,5-6,8-9,12-13,19H,3-4,7,10-11,24H2,(H,26,27). The fourth-order valence-electron chi connectivity index (χ4n) is 3.68. The minimum atomic E-state index is -0.00725. The Hall–Kier alpha value is -2.79. The van der Waals surface area contributed by atoms with E-state index in [0.717, 1.165) is 30.5 Å². The maximum Gasteiger partial charge on any atom is 0.220 e. The van der Waals surface area contributed by atoms with Crippen LogP contribution in [0.15, 0.2) is 53.1 Å². The van der Waals surface area contributed by atoms with Crippen LogP contribution >= 0.6 is 11.6 Å². The Balaban J connectivity index is 1.37. The minimum absolute atomic E-state index is 0.00725. The molecule has 6 heteroatoms. The Kier molecular flexibility index (Phi) is 5.35. The number of fused-ring (bicyclic) bond motifs is 1. The zero-order valence-corrected chi connectivity index (χ0v) is 16.2. The summed E-state index contributed by atoms with van der Waals surface area (Å²) < 4.78 is 5.77. The average Bonchev–Trinajstić information content (AvgIpc) is 3.15. The summed E-state index contributed by atoms with van der Waals surface area (Å²) in [7, 11) is 0. The molecule has 2 aromatic carbocycles. The van der Waals surface area contributed by atoms with Crippen molar-refractivity contribution in [3.8, 4) is 11.3 Å². The van der Waals surface area contributed by atoms with Crippen LogP contribution in [0.3, 0.4) is 0 Å². The molecule has 0 spiro atoms. The van der Waals surface area contributed by atoms with Crippen LogP contribution < -0.4 is 11.1 Å². The minimum Gasteiger partial charge on any atom is -0.441 e. The first-order valence-corrected chi connectivity index (χ1v) is 9.85. The van der Waals surface area contributed by atoms with Gasteiger partial charge in [-0.25, -0.2) is 4.98 Å². The van der Waals surface area contributed by atoms with Crippen molar-refractivity contribution in [3.63, 3.8) is 0 Å². The van der Waals surface area contributed by atoms with Gasteiger partial charge in [0.2, 0.25) is 5.91 Å². The van der Waals surface area contributed by atoms with E-state index in [1.165, 1.54) is 11.1 Å². The summed E-state index contributed by atoms with van der Waals surface area (Å²) in [6.45, 7) is 0. The lowest BCUT2D eigenvalue weighted by Gasteiger charge is -2.26. The van der Waals surface area contributed by atoms with Gasteiger partial charge in [0.05, 0.1) is 17.3 Å². The summed E-state index contributed by atoms with van der Waals surface area (Å²) >= 11 is 6.20. The topological polar surface area (TPSA) is 81.1 Å². The third kappa shape index (κ3) is 4.04. The molecule has 144 valence electrons. The highest BCUT2D eigenvalue weighted by atomic mass is 35.5. The Morgan fingerprint density at radius 2 is 2.14 bits per heavy atom. The van der Waals surface area contributed by atoms with Crippen molar-refractivity contribution in [1.29, 1.82) is 0 Å². The summed E-state index contributed by atoms with van der Waals surface area (Å²) in [5, 5.41) is 3.75. The van der Waals surface area contributed by atoms with Crippen molar-refractivity contribution in [2.24, 2.45) is 0 Å². The predicted molar refractivity (Wildman–Crippen MR) is 110 cm³/mol. The third-order valence-electron chi connectivity index (χ3n) is 5.08. The first-order chi connectivity index (χ1) is 13.6. The third-order valence-corrected chi connectivity index (χ3v) is 5.40. The van der Waals surface area contributed by atoms with Crippen molar-refractivity contribution in [2.75, 3.05) is 5.73 Å². The van der Waals surface area contributed by atoms with Gasteiger partial charge in [0.25, 0.3) is 0 Å². The molecular formula is C22H22ClN3O2. The van der Waals surface area contributed by atoms with Gasteiger partial charge in [-0.3, -0.25) is 4.79 Å². The number of hydrogen-bond acceptors (Lipinski definition) is 4. The number of rotatable bonds is 5. The van der Waals surface area contributed by atoms with Gasteiger partial charge in [0.1, 0.15) is 0 Å². The summed E-state index contributed by atoms with van der Waals surface area (Å²) in [5.41, 5.74) is 9.85. The van der Waals surface area contributed by atoms with Crippen molar-refractivity contribution in [1.82, 2.24) is 10.3 Å². The first-order valence-electron chi connectivity index (χ1n) is 9.47. The molecule has 0 saturated heterocycles. The van der Waals surface area contributed by atoms with Gasteiger partial charge in [0.15, 0.2) is 11.7 Å². The van der Waals surface area contributed by atoms with Crippen LogP contribution in [0.2, 0.25) is 5.02 Å². The lowest BCUT2D eigenvalue weighted by atomic mass is 9.87. The van der Waals surface area contributed by atoms with E-state index in [1.54, 1.807) is 6.20 Å². The number of carbonyl (C=O) groups excluding carboxylic acids is 1. The van der Waals surface area contributed by atoms with Crippen molar-refractivity contribution >= 4 is 23.2 Å². The second-order valence-corrected chi connectivity index (χ2v) is 7.48. The molecule has 0 aliphatic heterocycles. The number of nitrogens with zero attached hydrogens (tertiary/aromatic N) is 1.